The van der Waals surface area contributed by atoms with Gasteiger partial charge in [-0.05, 0) is 32.0 Å². The van der Waals surface area contributed by atoms with Crippen LogP contribution in [-0.4, -0.2) is 42.6 Å². The number of nitrogens with one attached hydrogen (secondary N) is 1. The van der Waals surface area contributed by atoms with E-state index in [1.807, 2.05) is 13.8 Å². The topological polar surface area (TPSA) is 111 Å². The van der Waals surface area contributed by atoms with Gasteiger partial charge in [0.05, 0.1) is 37.5 Å². The van der Waals surface area contributed by atoms with Crippen LogP contribution in [0.15, 0.2) is 30.3 Å². The molecule has 29 heavy (non-hydrogen) atoms. The van der Waals surface area contributed by atoms with E-state index in [0.29, 0.717) is 11.3 Å². The van der Waals surface area contributed by atoms with Gasteiger partial charge < -0.3 is 24.6 Å². The normalized spacial score (nSPS) is 14.4. The lowest BCUT2D eigenvalue weighted by molar-refractivity contribution is 0.0618. The zero-order chi connectivity index (χ0) is 21.3. The van der Waals surface area contributed by atoms with Gasteiger partial charge in [-0.1, -0.05) is 0 Å². The second-order valence-electron chi connectivity index (χ2n) is 7.18. The van der Waals surface area contributed by atoms with Crippen molar-refractivity contribution < 1.29 is 33.7 Å². The first-order chi connectivity index (χ1) is 13.6. The number of anilines is 1. The molecule has 0 unspecified atom stereocenters. The van der Waals surface area contributed by atoms with E-state index in [-0.39, 0.29) is 40.5 Å². The van der Waals surface area contributed by atoms with Crippen molar-refractivity contribution in [3.05, 3.63) is 47.0 Å². The monoisotopic (exact) mass is 399 g/mol. The molecule has 2 N–H and O–H groups in total. The molecule has 0 saturated heterocycles. The predicted molar refractivity (Wildman–Crippen MR) is 105 cm³/mol. The summed E-state index contributed by atoms with van der Waals surface area (Å²) in [6, 6.07) is 7.17. The average Bonchev–Trinajstić information content (AvgIpc) is 2.66. The molecule has 0 spiro atoms. The van der Waals surface area contributed by atoms with Crippen LogP contribution >= 0.6 is 0 Å². The maximum atomic E-state index is 12.7. The number of ketones is 1. The first-order valence-corrected chi connectivity index (χ1v) is 8.82. The number of carboxylic acids is 1. The Morgan fingerprint density at radius 3 is 2.38 bits per heavy atom. The predicted octanol–water partition coefficient (Wildman–Crippen LogP) is 3.40. The first-order valence-electron chi connectivity index (χ1n) is 8.82. The highest BCUT2D eigenvalue weighted by atomic mass is 16.5. The standard InChI is InChI=1S/C21H21NO7/c1-21(2)10-15(23)13-7-11(5-6-16(13)29-21)19(24)22-14-9-18(28-4)17(27-3)8-12(14)20(25)26/h5-9H,10H2,1-4H3,(H,22,24)(H,25,26). The minimum atomic E-state index is -1.24. The minimum Gasteiger partial charge on any atom is -0.493 e. The molecule has 8 nitrogen and oxygen atoms in total. The smallest absolute Gasteiger partial charge is 0.337 e. The van der Waals surface area contributed by atoms with E-state index >= 15 is 0 Å². The molecule has 1 heterocycles. The van der Waals surface area contributed by atoms with Crippen LogP contribution in [0.25, 0.3) is 0 Å². The zero-order valence-corrected chi connectivity index (χ0v) is 16.5. The number of hydrogen-bond acceptors (Lipinski definition) is 6. The number of ether oxygens (including phenoxy) is 3. The largest absolute Gasteiger partial charge is 0.493 e. The molecule has 0 fully saturated rings. The molecule has 2 aromatic rings. The number of methoxy groups -OCH3 is 2. The fourth-order valence-electron chi connectivity index (χ4n) is 3.15. The molecular formula is C21H21NO7. The van der Waals surface area contributed by atoms with E-state index in [4.69, 9.17) is 14.2 Å². The van der Waals surface area contributed by atoms with Gasteiger partial charge in [-0.15, -0.1) is 0 Å². The van der Waals surface area contributed by atoms with Crippen LogP contribution in [-0.2, 0) is 0 Å². The summed E-state index contributed by atoms with van der Waals surface area (Å²) >= 11 is 0. The van der Waals surface area contributed by atoms with E-state index < -0.39 is 17.5 Å². The van der Waals surface area contributed by atoms with Gasteiger partial charge in [-0.3, -0.25) is 9.59 Å². The quantitative estimate of drug-likeness (QED) is 0.793. The molecule has 0 atom stereocenters. The fraction of sp³-hybridized carbons (Fsp3) is 0.286. The van der Waals surface area contributed by atoms with Crippen LogP contribution < -0.4 is 19.5 Å². The molecule has 2 aromatic carbocycles. The van der Waals surface area contributed by atoms with E-state index in [2.05, 4.69) is 5.32 Å². The lowest BCUT2D eigenvalue weighted by atomic mass is 9.92. The van der Waals surface area contributed by atoms with Crippen LogP contribution in [0.2, 0.25) is 0 Å². The van der Waals surface area contributed by atoms with Crippen molar-refractivity contribution in [2.45, 2.75) is 25.9 Å². The van der Waals surface area contributed by atoms with Gasteiger partial charge in [0.1, 0.15) is 11.4 Å². The van der Waals surface area contributed by atoms with Gasteiger partial charge in [-0.25, -0.2) is 4.79 Å². The van der Waals surface area contributed by atoms with E-state index in [0.717, 1.165) is 0 Å². The van der Waals surface area contributed by atoms with E-state index in [9.17, 15) is 19.5 Å². The number of fused-ring (bicyclic) bond motifs is 1. The third kappa shape index (κ3) is 4.01. The summed E-state index contributed by atoms with van der Waals surface area (Å²) in [5, 5.41) is 12.0. The molecule has 1 aliphatic heterocycles. The Balaban J connectivity index is 1.94. The Bertz CT molecular complexity index is 1010. The molecule has 8 heteroatoms. The van der Waals surface area contributed by atoms with Gasteiger partial charge in [-0.2, -0.15) is 0 Å². The summed E-state index contributed by atoms with van der Waals surface area (Å²) in [6.45, 7) is 3.64. The number of carbonyl (C=O) groups is 3. The van der Waals surface area contributed by atoms with Crippen LogP contribution in [0.4, 0.5) is 5.69 Å². The van der Waals surface area contributed by atoms with Crippen LogP contribution in [0.1, 0.15) is 51.3 Å². The summed E-state index contributed by atoms with van der Waals surface area (Å²) < 4.78 is 16.1. The van der Waals surface area contributed by atoms with Crippen molar-refractivity contribution >= 4 is 23.3 Å². The maximum absolute atomic E-state index is 12.7. The molecule has 0 radical (unpaired) electrons. The number of rotatable bonds is 5. The Morgan fingerprint density at radius 1 is 1.10 bits per heavy atom. The molecule has 0 aliphatic carbocycles. The summed E-state index contributed by atoms with van der Waals surface area (Å²) in [6.07, 6.45) is 0.198. The van der Waals surface area contributed by atoms with Crippen LogP contribution in [0.3, 0.4) is 0 Å². The molecule has 0 aromatic heterocycles. The summed E-state index contributed by atoms with van der Waals surface area (Å²) in [5.41, 5.74) is -0.199. The minimum absolute atomic E-state index is 0.0431. The van der Waals surface area contributed by atoms with Crippen molar-refractivity contribution in [3.8, 4) is 17.2 Å². The van der Waals surface area contributed by atoms with Gasteiger partial charge in [0.25, 0.3) is 5.91 Å². The number of hydrogen-bond donors (Lipinski definition) is 2. The Hall–Kier alpha value is -3.55. The number of aromatic carboxylic acids is 1. The fourth-order valence-corrected chi connectivity index (χ4v) is 3.15. The van der Waals surface area contributed by atoms with Gasteiger partial charge >= 0.3 is 5.97 Å². The third-order valence-electron chi connectivity index (χ3n) is 4.52. The molecule has 0 bridgehead atoms. The third-order valence-corrected chi connectivity index (χ3v) is 4.52. The van der Waals surface area contributed by atoms with Gasteiger partial charge in [0.2, 0.25) is 0 Å². The van der Waals surface area contributed by atoms with Crippen molar-refractivity contribution in [2.24, 2.45) is 0 Å². The van der Waals surface area contributed by atoms with Crippen LogP contribution in [0, 0.1) is 0 Å². The van der Waals surface area contributed by atoms with Crippen molar-refractivity contribution in [1.82, 2.24) is 0 Å². The molecule has 152 valence electrons. The molecular weight excluding hydrogens is 378 g/mol. The lowest BCUT2D eigenvalue weighted by Crippen LogP contribution is -2.36. The lowest BCUT2D eigenvalue weighted by Gasteiger charge is -2.31. The molecule has 3 rings (SSSR count). The highest BCUT2D eigenvalue weighted by molar-refractivity contribution is 6.10. The van der Waals surface area contributed by atoms with Crippen LogP contribution in [0.5, 0.6) is 17.2 Å². The summed E-state index contributed by atoms with van der Waals surface area (Å²) in [7, 11) is 2.79. The van der Waals surface area contributed by atoms with Gasteiger partial charge in [0.15, 0.2) is 17.3 Å². The molecule has 0 saturated carbocycles. The second kappa shape index (κ2) is 7.46. The Kier molecular flexibility index (Phi) is 5.19. The summed E-state index contributed by atoms with van der Waals surface area (Å²) in [4.78, 5) is 36.7. The van der Waals surface area contributed by atoms with Crippen molar-refractivity contribution in [2.75, 3.05) is 19.5 Å². The van der Waals surface area contributed by atoms with Crippen molar-refractivity contribution in [3.63, 3.8) is 0 Å². The SMILES string of the molecule is COc1cc(NC(=O)c2ccc3c(c2)C(=O)CC(C)(C)O3)c(C(=O)O)cc1OC. The number of benzene rings is 2. The first kappa shape index (κ1) is 20.2. The summed E-state index contributed by atoms with van der Waals surface area (Å²) in [5.74, 6) is -1.02. The van der Waals surface area contributed by atoms with Gasteiger partial charge in [0, 0.05) is 17.7 Å². The average molecular weight is 399 g/mol. The highest BCUT2D eigenvalue weighted by Crippen LogP contribution is 2.35. The molecule has 1 aliphatic rings. The number of Topliss-reactive ketones (excluding diaryl/α,β-unsaturated/α-hetero) is 1. The Morgan fingerprint density at radius 2 is 1.76 bits per heavy atom. The zero-order valence-electron chi connectivity index (χ0n) is 16.5. The van der Waals surface area contributed by atoms with E-state index in [1.54, 1.807) is 6.07 Å². The van der Waals surface area contributed by atoms with Crippen molar-refractivity contribution in [1.29, 1.82) is 0 Å². The number of carboxylic acid groups (broad SMARTS) is 1. The van der Waals surface area contributed by atoms with E-state index in [1.165, 1.54) is 38.5 Å². The highest BCUT2D eigenvalue weighted by Gasteiger charge is 2.33. The second-order valence-corrected chi connectivity index (χ2v) is 7.18. The number of amides is 1. The number of carbonyl (C=O) groups excluding carboxylic acids is 2. The maximum Gasteiger partial charge on any atom is 0.337 e. The Labute approximate surface area is 167 Å². The molecule has 1 amide bonds.